The number of fused-ring (bicyclic) bond motifs is 1. The van der Waals surface area contributed by atoms with Gasteiger partial charge in [-0.1, -0.05) is 0 Å². The molecule has 0 saturated carbocycles. The second-order valence-electron chi connectivity index (χ2n) is 6.75. The summed E-state index contributed by atoms with van der Waals surface area (Å²) < 4.78 is 3.78. The van der Waals surface area contributed by atoms with Crippen LogP contribution in [0.1, 0.15) is 42.5 Å². The fourth-order valence-corrected chi connectivity index (χ4v) is 2.54. The molecule has 0 aliphatic rings. The summed E-state index contributed by atoms with van der Waals surface area (Å²) in [5.41, 5.74) is 3.03. The molecule has 3 heterocycles. The molecule has 0 spiro atoms. The van der Waals surface area contributed by atoms with E-state index in [0.29, 0.717) is 11.4 Å². The van der Waals surface area contributed by atoms with Gasteiger partial charge in [-0.15, -0.1) is 0 Å². The van der Waals surface area contributed by atoms with Crippen molar-refractivity contribution >= 4 is 17.4 Å². The first-order valence-electron chi connectivity index (χ1n) is 7.58. The molecule has 0 fully saturated rings. The lowest BCUT2D eigenvalue weighted by Crippen LogP contribution is -2.26. The molecule has 3 rings (SSSR count). The lowest BCUT2D eigenvalue weighted by molar-refractivity contribution is 0.102. The number of anilines is 1. The first-order valence-corrected chi connectivity index (χ1v) is 7.58. The lowest BCUT2D eigenvalue weighted by atomic mass is 10.1. The Bertz CT molecular complexity index is 882. The van der Waals surface area contributed by atoms with Crippen LogP contribution >= 0.6 is 0 Å². The number of hydrogen-bond donors (Lipinski definition) is 1. The fraction of sp³-hybridized carbons (Fsp3) is 0.353. The number of pyridine rings is 1. The first kappa shape index (κ1) is 15.3. The van der Waals surface area contributed by atoms with Crippen molar-refractivity contribution in [3.05, 3.63) is 47.5 Å². The maximum atomic E-state index is 12.6. The summed E-state index contributed by atoms with van der Waals surface area (Å²) in [5, 5.41) is 7.42. The van der Waals surface area contributed by atoms with Gasteiger partial charge >= 0.3 is 0 Å². The molecule has 120 valence electrons. The molecule has 1 amide bonds. The minimum atomic E-state index is -0.207. The largest absolute Gasteiger partial charge is 0.307 e. The zero-order chi connectivity index (χ0) is 16.8. The Balaban J connectivity index is 1.92. The second kappa shape index (κ2) is 5.22. The van der Waals surface area contributed by atoms with Crippen LogP contribution in [0.25, 0.3) is 5.65 Å². The smallest absolute Gasteiger partial charge is 0.256 e. The van der Waals surface area contributed by atoms with Crippen molar-refractivity contribution in [2.45, 2.75) is 40.2 Å². The van der Waals surface area contributed by atoms with Crippen molar-refractivity contribution < 1.29 is 4.79 Å². The molecular formula is C17H21N5O. The van der Waals surface area contributed by atoms with Gasteiger partial charge in [0.25, 0.3) is 5.91 Å². The highest BCUT2D eigenvalue weighted by atomic mass is 16.1. The minimum Gasteiger partial charge on any atom is -0.307 e. The molecule has 0 saturated heterocycles. The summed E-state index contributed by atoms with van der Waals surface area (Å²) >= 11 is 0. The number of aryl methyl sites for hydroxylation is 2. The van der Waals surface area contributed by atoms with Gasteiger partial charge in [-0.25, -0.2) is 9.67 Å². The van der Waals surface area contributed by atoms with E-state index in [1.54, 1.807) is 18.3 Å². The van der Waals surface area contributed by atoms with Crippen LogP contribution < -0.4 is 5.32 Å². The zero-order valence-electron chi connectivity index (χ0n) is 14.1. The molecular weight excluding hydrogens is 290 g/mol. The molecule has 0 atom stereocenters. The second-order valence-corrected chi connectivity index (χ2v) is 6.75. The van der Waals surface area contributed by atoms with Crippen LogP contribution in [0.4, 0.5) is 5.82 Å². The number of carbonyl (C=O) groups is 1. The average molecular weight is 311 g/mol. The van der Waals surface area contributed by atoms with Crippen LogP contribution in [-0.4, -0.2) is 25.1 Å². The summed E-state index contributed by atoms with van der Waals surface area (Å²) in [6.07, 6.45) is 3.65. The van der Waals surface area contributed by atoms with Crippen molar-refractivity contribution in [1.29, 1.82) is 0 Å². The zero-order valence-corrected chi connectivity index (χ0v) is 14.1. The molecule has 3 aromatic heterocycles. The predicted octanol–water partition coefficient (Wildman–Crippen LogP) is 3.15. The van der Waals surface area contributed by atoms with E-state index in [2.05, 4.69) is 36.2 Å². The van der Waals surface area contributed by atoms with Gasteiger partial charge in [-0.3, -0.25) is 4.79 Å². The van der Waals surface area contributed by atoms with Gasteiger partial charge in [0.1, 0.15) is 11.5 Å². The minimum absolute atomic E-state index is 0.168. The molecule has 1 N–H and O–H groups in total. The Morgan fingerprint density at radius 1 is 1.22 bits per heavy atom. The van der Waals surface area contributed by atoms with Crippen molar-refractivity contribution in [1.82, 2.24) is 19.2 Å². The van der Waals surface area contributed by atoms with Crippen molar-refractivity contribution in [3.8, 4) is 0 Å². The first-order chi connectivity index (χ1) is 10.8. The number of nitrogens with zero attached hydrogens (tertiary/aromatic N) is 4. The summed E-state index contributed by atoms with van der Waals surface area (Å²) in [4.78, 5) is 16.9. The third kappa shape index (κ3) is 2.84. The average Bonchev–Trinajstić information content (AvgIpc) is 3.02. The Morgan fingerprint density at radius 2 is 1.96 bits per heavy atom. The third-order valence-corrected chi connectivity index (χ3v) is 3.67. The van der Waals surface area contributed by atoms with Crippen molar-refractivity contribution in [2.24, 2.45) is 0 Å². The van der Waals surface area contributed by atoms with Crippen molar-refractivity contribution in [3.63, 3.8) is 0 Å². The normalized spacial score (nSPS) is 11.9. The van der Waals surface area contributed by atoms with E-state index < -0.39 is 0 Å². The SMILES string of the molecule is Cc1cc(NC(=O)c2ccn3c(C)cnc3c2)n(C(C)(C)C)n1. The van der Waals surface area contributed by atoms with E-state index >= 15 is 0 Å². The van der Waals surface area contributed by atoms with E-state index in [1.807, 2.05) is 35.2 Å². The molecule has 3 aromatic rings. The molecule has 0 bridgehead atoms. The highest BCUT2D eigenvalue weighted by Crippen LogP contribution is 2.22. The lowest BCUT2D eigenvalue weighted by Gasteiger charge is -2.22. The maximum absolute atomic E-state index is 12.6. The maximum Gasteiger partial charge on any atom is 0.256 e. The van der Waals surface area contributed by atoms with E-state index in [4.69, 9.17) is 0 Å². The van der Waals surface area contributed by atoms with Gasteiger partial charge < -0.3 is 9.72 Å². The predicted molar refractivity (Wildman–Crippen MR) is 89.8 cm³/mol. The number of rotatable bonds is 2. The Labute approximate surface area is 135 Å². The van der Waals surface area contributed by atoms with Gasteiger partial charge in [0.15, 0.2) is 0 Å². The number of hydrogen-bond acceptors (Lipinski definition) is 3. The van der Waals surface area contributed by atoms with Gasteiger partial charge in [0.2, 0.25) is 0 Å². The molecule has 6 nitrogen and oxygen atoms in total. The number of aromatic nitrogens is 4. The van der Waals surface area contributed by atoms with Crippen molar-refractivity contribution in [2.75, 3.05) is 5.32 Å². The van der Waals surface area contributed by atoms with E-state index in [1.165, 1.54) is 0 Å². The molecule has 0 aromatic carbocycles. The van der Waals surface area contributed by atoms with Crippen LogP contribution in [-0.2, 0) is 5.54 Å². The highest BCUT2D eigenvalue weighted by Gasteiger charge is 2.20. The third-order valence-electron chi connectivity index (χ3n) is 3.67. The quantitative estimate of drug-likeness (QED) is 0.790. The van der Waals surface area contributed by atoms with Crippen LogP contribution in [0.3, 0.4) is 0 Å². The summed E-state index contributed by atoms with van der Waals surface area (Å²) in [7, 11) is 0. The van der Waals surface area contributed by atoms with E-state index in [-0.39, 0.29) is 11.4 Å². The van der Waals surface area contributed by atoms with Crippen LogP contribution in [0.5, 0.6) is 0 Å². The number of amides is 1. The monoisotopic (exact) mass is 311 g/mol. The Hall–Kier alpha value is -2.63. The van der Waals surface area contributed by atoms with E-state index in [0.717, 1.165) is 17.0 Å². The van der Waals surface area contributed by atoms with Gasteiger partial charge in [0, 0.05) is 29.7 Å². The molecule has 0 unspecified atom stereocenters. The van der Waals surface area contributed by atoms with Crippen LogP contribution in [0, 0.1) is 13.8 Å². The van der Waals surface area contributed by atoms with E-state index in [9.17, 15) is 4.79 Å². The highest BCUT2D eigenvalue weighted by molar-refractivity contribution is 6.04. The molecule has 0 radical (unpaired) electrons. The van der Waals surface area contributed by atoms with Crippen LogP contribution in [0.2, 0.25) is 0 Å². The van der Waals surface area contributed by atoms with Gasteiger partial charge in [-0.2, -0.15) is 5.10 Å². The fourth-order valence-electron chi connectivity index (χ4n) is 2.54. The van der Waals surface area contributed by atoms with Gasteiger partial charge in [-0.05, 0) is 46.8 Å². The standard InChI is InChI=1S/C17H21N5O/c1-11-8-15(22(20-11)17(3,4)5)19-16(23)13-6-7-21-12(2)10-18-14(21)9-13/h6-10H,1-5H3,(H,19,23). The molecule has 23 heavy (non-hydrogen) atoms. The Kier molecular flexibility index (Phi) is 3.47. The molecule has 6 heteroatoms. The summed E-state index contributed by atoms with van der Waals surface area (Å²) in [5.74, 6) is 0.526. The molecule has 0 aliphatic carbocycles. The summed E-state index contributed by atoms with van der Waals surface area (Å²) in [6, 6.07) is 5.45. The number of carbonyl (C=O) groups excluding carboxylic acids is 1. The topological polar surface area (TPSA) is 64.2 Å². The number of imidazole rings is 1. The Morgan fingerprint density at radius 3 is 2.65 bits per heavy atom. The van der Waals surface area contributed by atoms with Crippen LogP contribution in [0.15, 0.2) is 30.6 Å². The number of nitrogens with one attached hydrogen (secondary N) is 1. The molecule has 0 aliphatic heterocycles. The van der Waals surface area contributed by atoms with Gasteiger partial charge in [0.05, 0.1) is 11.2 Å². The summed E-state index contributed by atoms with van der Waals surface area (Å²) in [6.45, 7) is 10.0.